The molecule has 0 atom stereocenters. The Labute approximate surface area is 201 Å². The lowest BCUT2D eigenvalue weighted by Gasteiger charge is -2.30. The summed E-state index contributed by atoms with van der Waals surface area (Å²) >= 11 is 7.52. The van der Waals surface area contributed by atoms with Gasteiger partial charge in [0.2, 0.25) is 21.8 Å². The molecule has 2 aromatic carbocycles. The summed E-state index contributed by atoms with van der Waals surface area (Å²) in [6.45, 7) is 0.508. The van der Waals surface area contributed by atoms with Gasteiger partial charge in [0, 0.05) is 28.9 Å². The molecule has 2 heterocycles. The van der Waals surface area contributed by atoms with Gasteiger partial charge in [-0.1, -0.05) is 28.8 Å². The van der Waals surface area contributed by atoms with Crippen LogP contribution in [0.4, 0.5) is 6.01 Å². The van der Waals surface area contributed by atoms with Gasteiger partial charge in [-0.3, -0.25) is 10.1 Å². The largest absolute Gasteiger partial charge is 0.407 e. The van der Waals surface area contributed by atoms with Crippen molar-refractivity contribution in [3.63, 3.8) is 0 Å². The van der Waals surface area contributed by atoms with Gasteiger partial charge in [-0.15, -0.1) is 16.9 Å². The number of carbonyl (C=O) groups excluding carboxylic acids is 1. The number of hydrogen-bond donors (Lipinski definition) is 1. The lowest BCUT2D eigenvalue weighted by Crippen LogP contribution is -2.41. The maximum Gasteiger partial charge on any atom is 0.322 e. The molecule has 1 aliphatic heterocycles. The molecule has 0 spiro atoms. The highest BCUT2D eigenvalue weighted by Crippen LogP contribution is 2.26. The number of thioether (sulfide) groups is 1. The number of halogens is 1. The number of anilines is 1. The first-order valence-electron chi connectivity index (χ1n) is 10.4. The van der Waals surface area contributed by atoms with Crippen LogP contribution in [-0.2, 0) is 21.2 Å². The van der Waals surface area contributed by atoms with Crippen LogP contribution in [0.1, 0.15) is 24.3 Å². The number of hydrogen-bond acceptors (Lipinski definition) is 7. The molecule has 1 fully saturated rings. The van der Waals surface area contributed by atoms with E-state index in [1.165, 1.54) is 21.3 Å². The summed E-state index contributed by atoms with van der Waals surface area (Å²) < 4.78 is 32.6. The van der Waals surface area contributed by atoms with Crippen molar-refractivity contribution in [3.8, 4) is 0 Å². The van der Waals surface area contributed by atoms with Gasteiger partial charge >= 0.3 is 6.01 Å². The Bertz CT molecular complexity index is 1210. The molecule has 33 heavy (non-hydrogen) atoms. The van der Waals surface area contributed by atoms with E-state index in [0.29, 0.717) is 30.2 Å². The van der Waals surface area contributed by atoms with Gasteiger partial charge in [0.1, 0.15) is 0 Å². The molecule has 0 radical (unpaired) electrons. The number of piperidine rings is 1. The van der Waals surface area contributed by atoms with E-state index in [4.69, 9.17) is 16.0 Å². The molecule has 0 saturated carbocycles. The maximum absolute atomic E-state index is 12.8. The van der Waals surface area contributed by atoms with Gasteiger partial charge in [-0.25, -0.2) is 8.42 Å². The van der Waals surface area contributed by atoms with Gasteiger partial charge in [0.25, 0.3) is 0 Å². The van der Waals surface area contributed by atoms with Crippen LogP contribution in [0.3, 0.4) is 0 Å². The smallest absolute Gasteiger partial charge is 0.322 e. The van der Waals surface area contributed by atoms with Crippen LogP contribution < -0.4 is 5.32 Å². The van der Waals surface area contributed by atoms with Crippen molar-refractivity contribution in [3.05, 3.63) is 65.0 Å². The van der Waals surface area contributed by atoms with Crippen molar-refractivity contribution in [2.24, 2.45) is 5.92 Å². The topological polar surface area (TPSA) is 105 Å². The molecule has 1 saturated heterocycles. The molecule has 1 aromatic heterocycles. The van der Waals surface area contributed by atoms with Gasteiger partial charge in [-0.2, -0.15) is 4.31 Å². The van der Waals surface area contributed by atoms with E-state index in [1.54, 1.807) is 23.9 Å². The number of sulfonamides is 1. The summed E-state index contributed by atoms with van der Waals surface area (Å²) in [6, 6.07) is 14.2. The first-order chi connectivity index (χ1) is 15.8. The summed E-state index contributed by atoms with van der Waals surface area (Å²) in [4.78, 5) is 14.0. The van der Waals surface area contributed by atoms with Crippen molar-refractivity contribution in [2.75, 3.05) is 24.7 Å². The Morgan fingerprint density at radius 2 is 1.79 bits per heavy atom. The SMILES string of the molecule is CSc1ccc(Cc2nnc(NC(=O)C3CCN(S(=O)(=O)c4ccc(Cl)cc4)CC3)o2)cc1. The van der Waals surface area contributed by atoms with E-state index < -0.39 is 10.0 Å². The van der Waals surface area contributed by atoms with Gasteiger partial charge in [0.05, 0.1) is 11.3 Å². The summed E-state index contributed by atoms with van der Waals surface area (Å²) in [7, 11) is -3.62. The minimum atomic E-state index is -3.62. The Balaban J connectivity index is 1.31. The van der Waals surface area contributed by atoms with E-state index in [-0.39, 0.29) is 35.8 Å². The molecule has 0 bridgehead atoms. The highest BCUT2D eigenvalue weighted by Gasteiger charge is 2.32. The predicted molar refractivity (Wildman–Crippen MR) is 127 cm³/mol. The zero-order valence-electron chi connectivity index (χ0n) is 17.9. The van der Waals surface area contributed by atoms with Crippen LogP contribution in [0, 0.1) is 5.92 Å². The first-order valence-corrected chi connectivity index (χ1v) is 13.4. The molecule has 1 aliphatic rings. The molecule has 3 aromatic rings. The number of rotatable bonds is 7. The third kappa shape index (κ3) is 5.75. The van der Waals surface area contributed by atoms with E-state index in [0.717, 1.165) is 5.56 Å². The molecule has 4 rings (SSSR count). The summed E-state index contributed by atoms with van der Waals surface area (Å²) in [5.74, 6) is -0.180. The standard InChI is InChI=1S/C22H23ClN4O4S2/c1-32-18-6-2-15(3-7-18)14-20-25-26-22(31-20)24-21(28)16-10-12-27(13-11-16)33(29,30)19-8-4-17(23)5-9-19/h2-9,16H,10-14H2,1H3,(H,24,26,28). The fraction of sp³-hybridized carbons (Fsp3) is 0.318. The zero-order valence-corrected chi connectivity index (χ0v) is 20.3. The van der Waals surface area contributed by atoms with Crippen LogP contribution in [-0.4, -0.2) is 48.2 Å². The summed E-state index contributed by atoms with van der Waals surface area (Å²) in [5, 5.41) is 11.1. The third-order valence-corrected chi connectivity index (χ3v) is 8.40. The highest BCUT2D eigenvalue weighted by molar-refractivity contribution is 7.98. The van der Waals surface area contributed by atoms with E-state index in [1.807, 2.05) is 30.5 Å². The minimum Gasteiger partial charge on any atom is -0.407 e. The van der Waals surface area contributed by atoms with Crippen molar-refractivity contribution in [2.45, 2.75) is 29.1 Å². The monoisotopic (exact) mass is 506 g/mol. The fourth-order valence-corrected chi connectivity index (χ4v) is 5.62. The van der Waals surface area contributed by atoms with Crippen molar-refractivity contribution in [1.29, 1.82) is 0 Å². The zero-order chi connectivity index (χ0) is 23.4. The molecule has 11 heteroatoms. The number of carbonyl (C=O) groups is 1. The second kappa shape index (κ2) is 10.3. The quantitative estimate of drug-likeness (QED) is 0.481. The van der Waals surface area contributed by atoms with Crippen molar-refractivity contribution in [1.82, 2.24) is 14.5 Å². The van der Waals surface area contributed by atoms with Crippen LogP contribution in [0.25, 0.3) is 0 Å². The fourth-order valence-electron chi connectivity index (χ4n) is 3.61. The number of benzene rings is 2. The van der Waals surface area contributed by atoms with E-state index in [2.05, 4.69) is 15.5 Å². The molecule has 0 aliphatic carbocycles. The third-order valence-electron chi connectivity index (χ3n) is 5.49. The average molecular weight is 507 g/mol. The maximum atomic E-state index is 12.8. The average Bonchev–Trinajstić information content (AvgIpc) is 3.26. The number of nitrogens with zero attached hydrogens (tertiary/aromatic N) is 3. The van der Waals surface area contributed by atoms with Crippen LogP contribution in [0.15, 0.2) is 62.7 Å². The van der Waals surface area contributed by atoms with E-state index >= 15 is 0 Å². The summed E-state index contributed by atoms with van der Waals surface area (Å²) in [5.41, 5.74) is 1.03. The predicted octanol–water partition coefficient (Wildman–Crippen LogP) is 4.08. The molecule has 0 unspecified atom stereocenters. The Morgan fingerprint density at radius 1 is 1.12 bits per heavy atom. The number of aromatic nitrogens is 2. The van der Waals surface area contributed by atoms with Crippen LogP contribution >= 0.6 is 23.4 Å². The van der Waals surface area contributed by atoms with Crippen molar-refractivity contribution >= 4 is 45.3 Å². The number of nitrogens with one attached hydrogen (secondary N) is 1. The Kier molecular flexibility index (Phi) is 7.38. The van der Waals surface area contributed by atoms with Crippen LogP contribution in [0.2, 0.25) is 5.02 Å². The van der Waals surface area contributed by atoms with Gasteiger partial charge < -0.3 is 4.42 Å². The normalized spacial score (nSPS) is 15.5. The second-order valence-electron chi connectivity index (χ2n) is 7.65. The Morgan fingerprint density at radius 3 is 2.42 bits per heavy atom. The molecule has 8 nitrogen and oxygen atoms in total. The molecular formula is C22H23ClN4O4S2. The molecule has 1 amide bonds. The Hall–Kier alpha value is -2.40. The lowest BCUT2D eigenvalue weighted by molar-refractivity contribution is -0.121. The van der Waals surface area contributed by atoms with E-state index in [9.17, 15) is 13.2 Å². The summed E-state index contributed by atoms with van der Waals surface area (Å²) in [6.07, 6.45) is 3.30. The molecular weight excluding hydrogens is 484 g/mol. The first kappa shape index (κ1) is 23.7. The minimum absolute atomic E-state index is 0.0481. The second-order valence-corrected chi connectivity index (χ2v) is 10.9. The van der Waals surface area contributed by atoms with Crippen molar-refractivity contribution < 1.29 is 17.6 Å². The van der Waals surface area contributed by atoms with Gasteiger partial charge in [-0.05, 0) is 61.1 Å². The van der Waals surface area contributed by atoms with Crippen LogP contribution in [0.5, 0.6) is 0 Å². The van der Waals surface area contributed by atoms with Gasteiger partial charge in [0.15, 0.2) is 0 Å². The number of amides is 1. The molecule has 1 N–H and O–H groups in total. The lowest BCUT2D eigenvalue weighted by atomic mass is 9.97. The molecule has 174 valence electrons. The highest BCUT2D eigenvalue weighted by atomic mass is 35.5.